The minimum Gasteiger partial charge on any atom is -0.297 e. The van der Waals surface area contributed by atoms with Gasteiger partial charge in [-0.3, -0.25) is 14.6 Å². The van der Waals surface area contributed by atoms with Gasteiger partial charge in [0.15, 0.2) is 0 Å². The van der Waals surface area contributed by atoms with Crippen LogP contribution in [0.15, 0.2) is 84.0 Å². The third kappa shape index (κ3) is 7.12. The number of hydrogen-bond acceptors (Lipinski definition) is 4. The van der Waals surface area contributed by atoms with Gasteiger partial charge in [0.25, 0.3) is 5.91 Å². The van der Waals surface area contributed by atoms with E-state index in [-0.39, 0.29) is 11.3 Å². The van der Waals surface area contributed by atoms with Crippen LogP contribution in [0, 0.1) is 0 Å². The number of rotatable bonds is 7. The fourth-order valence-electron chi connectivity index (χ4n) is 4.44. The number of piperazine rings is 1. The standard InChI is InChI=1S/C31H38N4O/c1-24(27-14-16-29(17-15-27)31(2,3)4)32-33-30(36)28-12-10-26(11-13-28)23-35-20-18-34(19-21-35)22-25-8-6-5-7-9-25/h5-17H,18-23H2,1-4H3,(H,33,36)/b32-24-. The molecule has 1 aliphatic heterocycles. The van der Waals surface area contributed by atoms with Gasteiger partial charge in [0.05, 0.1) is 5.71 Å². The van der Waals surface area contributed by atoms with E-state index in [1.54, 1.807) is 0 Å². The molecular formula is C31H38N4O. The van der Waals surface area contributed by atoms with Crippen molar-refractivity contribution in [2.24, 2.45) is 5.10 Å². The quantitative estimate of drug-likeness (QED) is 0.360. The van der Waals surface area contributed by atoms with Crippen LogP contribution in [0.25, 0.3) is 0 Å². The van der Waals surface area contributed by atoms with Gasteiger partial charge in [0.1, 0.15) is 0 Å². The van der Waals surface area contributed by atoms with Gasteiger partial charge in [-0.05, 0) is 46.7 Å². The summed E-state index contributed by atoms with van der Waals surface area (Å²) in [4.78, 5) is 17.6. The van der Waals surface area contributed by atoms with Gasteiger partial charge in [-0.2, -0.15) is 5.10 Å². The maximum atomic E-state index is 12.6. The van der Waals surface area contributed by atoms with Gasteiger partial charge in [0.2, 0.25) is 0 Å². The number of nitrogens with one attached hydrogen (secondary N) is 1. The van der Waals surface area contributed by atoms with Crippen LogP contribution in [-0.4, -0.2) is 47.6 Å². The summed E-state index contributed by atoms with van der Waals surface area (Å²) in [6, 6.07) is 26.9. The van der Waals surface area contributed by atoms with E-state index >= 15 is 0 Å². The molecule has 0 aliphatic carbocycles. The van der Waals surface area contributed by atoms with E-state index in [1.807, 2.05) is 31.2 Å². The molecular weight excluding hydrogens is 444 g/mol. The van der Waals surface area contributed by atoms with Crippen molar-refractivity contribution in [3.63, 3.8) is 0 Å². The first kappa shape index (κ1) is 25.8. The van der Waals surface area contributed by atoms with E-state index in [1.165, 1.54) is 16.7 Å². The highest BCUT2D eigenvalue weighted by Crippen LogP contribution is 2.22. The third-order valence-electron chi connectivity index (χ3n) is 6.83. The van der Waals surface area contributed by atoms with Crippen molar-refractivity contribution in [1.82, 2.24) is 15.2 Å². The molecule has 1 amide bonds. The number of carbonyl (C=O) groups is 1. The molecule has 0 aromatic heterocycles. The Bertz CT molecular complexity index is 1150. The monoisotopic (exact) mass is 482 g/mol. The van der Waals surface area contributed by atoms with E-state index < -0.39 is 0 Å². The SMILES string of the molecule is C/C(=N/NC(=O)c1ccc(CN2CCN(Cc3ccccc3)CC2)cc1)c1ccc(C(C)(C)C)cc1. The molecule has 1 fully saturated rings. The Kier molecular flexibility index (Phi) is 8.34. The second-order valence-corrected chi connectivity index (χ2v) is 10.7. The Morgan fingerprint density at radius 1 is 0.750 bits per heavy atom. The first-order chi connectivity index (χ1) is 17.3. The molecule has 5 heteroatoms. The number of benzene rings is 3. The van der Waals surface area contributed by atoms with Gasteiger partial charge in [-0.1, -0.05) is 87.5 Å². The summed E-state index contributed by atoms with van der Waals surface area (Å²) in [5, 5.41) is 4.32. The van der Waals surface area contributed by atoms with E-state index in [9.17, 15) is 4.79 Å². The summed E-state index contributed by atoms with van der Waals surface area (Å²) in [6.45, 7) is 14.7. The topological polar surface area (TPSA) is 47.9 Å². The molecule has 188 valence electrons. The summed E-state index contributed by atoms with van der Waals surface area (Å²) in [5.74, 6) is -0.193. The first-order valence-electron chi connectivity index (χ1n) is 12.8. The first-order valence-corrected chi connectivity index (χ1v) is 12.8. The van der Waals surface area contributed by atoms with Crippen LogP contribution >= 0.6 is 0 Å². The van der Waals surface area contributed by atoms with Crippen molar-refractivity contribution in [3.05, 3.63) is 107 Å². The summed E-state index contributed by atoms with van der Waals surface area (Å²) in [5.41, 5.74) is 9.09. The van der Waals surface area contributed by atoms with E-state index in [0.29, 0.717) is 5.56 Å². The Balaban J connectivity index is 1.25. The van der Waals surface area contributed by atoms with Crippen LogP contribution in [-0.2, 0) is 18.5 Å². The number of carbonyl (C=O) groups excluding carboxylic acids is 1. The van der Waals surface area contributed by atoms with Gasteiger partial charge in [-0.25, -0.2) is 5.43 Å². The molecule has 0 atom stereocenters. The highest BCUT2D eigenvalue weighted by Gasteiger charge is 2.17. The van der Waals surface area contributed by atoms with Crippen LogP contribution in [0.2, 0.25) is 0 Å². The Morgan fingerprint density at radius 3 is 1.78 bits per heavy atom. The lowest BCUT2D eigenvalue weighted by Crippen LogP contribution is -2.45. The number of hydrogen-bond donors (Lipinski definition) is 1. The second-order valence-electron chi connectivity index (χ2n) is 10.7. The van der Waals surface area contributed by atoms with Crippen molar-refractivity contribution in [3.8, 4) is 0 Å². The maximum Gasteiger partial charge on any atom is 0.271 e. The maximum absolute atomic E-state index is 12.6. The summed E-state index contributed by atoms with van der Waals surface area (Å²) < 4.78 is 0. The average Bonchev–Trinajstić information content (AvgIpc) is 2.89. The molecule has 0 saturated carbocycles. The predicted molar refractivity (Wildman–Crippen MR) is 148 cm³/mol. The van der Waals surface area contributed by atoms with E-state index in [0.717, 1.165) is 50.5 Å². The van der Waals surface area contributed by atoms with Gasteiger partial charge >= 0.3 is 0 Å². The molecule has 3 aromatic carbocycles. The van der Waals surface area contributed by atoms with Gasteiger partial charge < -0.3 is 0 Å². The predicted octanol–water partition coefficient (Wildman–Crippen LogP) is 5.46. The summed E-state index contributed by atoms with van der Waals surface area (Å²) in [6.07, 6.45) is 0. The zero-order chi connectivity index (χ0) is 25.5. The molecule has 1 saturated heterocycles. The summed E-state index contributed by atoms with van der Waals surface area (Å²) >= 11 is 0. The van der Waals surface area contributed by atoms with Crippen molar-refractivity contribution in [2.45, 2.75) is 46.2 Å². The highest BCUT2D eigenvalue weighted by atomic mass is 16.2. The molecule has 5 nitrogen and oxygen atoms in total. The molecule has 4 rings (SSSR count). The van der Waals surface area contributed by atoms with E-state index in [2.05, 4.69) is 95.7 Å². The molecule has 0 spiro atoms. The molecule has 1 aliphatic rings. The molecule has 0 bridgehead atoms. The van der Waals surface area contributed by atoms with Crippen LogP contribution < -0.4 is 5.43 Å². The molecule has 1 heterocycles. The lowest BCUT2D eigenvalue weighted by molar-refractivity contribution is 0.0954. The summed E-state index contributed by atoms with van der Waals surface area (Å²) in [7, 11) is 0. The number of hydrazone groups is 1. The zero-order valence-corrected chi connectivity index (χ0v) is 22.0. The Morgan fingerprint density at radius 2 is 1.25 bits per heavy atom. The second kappa shape index (κ2) is 11.6. The minimum atomic E-state index is -0.193. The van der Waals surface area contributed by atoms with Crippen molar-refractivity contribution in [2.75, 3.05) is 26.2 Å². The van der Waals surface area contributed by atoms with Gasteiger partial charge in [0, 0.05) is 44.8 Å². The van der Waals surface area contributed by atoms with Crippen molar-refractivity contribution >= 4 is 11.6 Å². The number of nitrogens with zero attached hydrogens (tertiary/aromatic N) is 3. The lowest BCUT2D eigenvalue weighted by Gasteiger charge is -2.34. The smallest absolute Gasteiger partial charge is 0.271 e. The Hall–Kier alpha value is -3.28. The van der Waals surface area contributed by atoms with Crippen LogP contribution in [0.3, 0.4) is 0 Å². The number of amides is 1. The van der Waals surface area contributed by atoms with Crippen molar-refractivity contribution < 1.29 is 4.79 Å². The van der Waals surface area contributed by atoms with Crippen molar-refractivity contribution in [1.29, 1.82) is 0 Å². The third-order valence-corrected chi connectivity index (χ3v) is 6.83. The normalized spacial score (nSPS) is 15.6. The fraction of sp³-hybridized carbons (Fsp3) is 0.355. The fourth-order valence-corrected chi connectivity index (χ4v) is 4.44. The average molecular weight is 483 g/mol. The Labute approximate surface area is 215 Å². The van der Waals surface area contributed by atoms with Gasteiger partial charge in [-0.15, -0.1) is 0 Å². The minimum absolute atomic E-state index is 0.112. The van der Waals surface area contributed by atoms with Crippen LogP contribution in [0.1, 0.15) is 60.3 Å². The molecule has 36 heavy (non-hydrogen) atoms. The highest BCUT2D eigenvalue weighted by molar-refractivity contribution is 6.00. The largest absolute Gasteiger partial charge is 0.297 e. The molecule has 3 aromatic rings. The lowest BCUT2D eigenvalue weighted by atomic mass is 9.86. The molecule has 0 radical (unpaired) electrons. The molecule has 1 N–H and O–H groups in total. The van der Waals surface area contributed by atoms with E-state index in [4.69, 9.17) is 0 Å². The molecule has 0 unspecified atom stereocenters. The zero-order valence-electron chi connectivity index (χ0n) is 22.0. The van der Waals surface area contributed by atoms with Crippen LogP contribution in [0.5, 0.6) is 0 Å². The van der Waals surface area contributed by atoms with Crippen LogP contribution in [0.4, 0.5) is 0 Å².